The van der Waals surface area contributed by atoms with Crippen molar-refractivity contribution in [3.05, 3.63) is 88.3 Å². The molecule has 4 rings (SSSR count). The molecule has 0 fully saturated rings. The Balaban J connectivity index is 1.43. The first-order chi connectivity index (χ1) is 15.4. The largest absolute Gasteiger partial charge is 0.459 e. The van der Waals surface area contributed by atoms with Crippen molar-refractivity contribution in [2.75, 3.05) is 5.32 Å². The van der Waals surface area contributed by atoms with Gasteiger partial charge in [-0.1, -0.05) is 41.4 Å². The molecule has 4 aromatic rings. The average Bonchev–Trinajstić information content (AvgIpc) is 3.46. The zero-order chi connectivity index (χ0) is 22.7. The first-order valence-corrected chi connectivity index (χ1v) is 10.6. The quantitative estimate of drug-likeness (QED) is 0.294. The van der Waals surface area contributed by atoms with Crippen LogP contribution in [0.5, 0.6) is 0 Å². The van der Waals surface area contributed by atoms with Gasteiger partial charge >= 0.3 is 0 Å². The zero-order valence-electron chi connectivity index (χ0n) is 16.4. The van der Waals surface area contributed by atoms with E-state index >= 15 is 0 Å². The third-order valence-corrected chi connectivity index (χ3v) is 5.52. The Bertz CT molecular complexity index is 1300. The standard InChI is InChI=1S/C23H16Cl2N2O4S/c24-17-6-2-5-16(21(17)25)19-9-10-20(31-19)22(29)27-23(32)26-14-4-1-3-13(11-14)18-8-7-15(12-28)30-18/h1-11,28H,12H2,(H2,26,27,29,32). The van der Waals surface area contributed by atoms with Gasteiger partial charge in [0.2, 0.25) is 0 Å². The number of carbonyl (C=O) groups is 1. The molecule has 1 amide bonds. The second kappa shape index (κ2) is 9.58. The summed E-state index contributed by atoms with van der Waals surface area (Å²) in [7, 11) is 0. The van der Waals surface area contributed by atoms with Gasteiger partial charge in [0, 0.05) is 16.8 Å². The van der Waals surface area contributed by atoms with Gasteiger partial charge in [-0.3, -0.25) is 10.1 Å². The van der Waals surface area contributed by atoms with Gasteiger partial charge in [-0.15, -0.1) is 0 Å². The Labute approximate surface area is 198 Å². The molecule has 0 saturated heterocycles. The van der Waals surface area contributed by atoms with Gasteiger partial charge < -0.3 is 19.3 Å². The molecule has 9 heteroatoms. The molecule has 32 heavy (non-hydrogen) atoms. The fraction of sp³-hybridized carbons (Fsp3) is 0.0435. The number of rotatable bonds is 5. The van der Waals surface area contributed by atoms with E-state index in [9.17, 15) is 4.79 Å². The van der Waals surface area contributed by atoms with Crippen LogP contribution in [0.4, 0.5) is 5.69 Å². The molecule has 0 atom stereocenters. The average molecular weight is 487 g/mol. The number of hydrogen-bond acceptors (Lipinski definition) is 5. The van der Waals surface area contributed by atoms with Crippen LogP contribution < -0.4 is 10.6 Å². The number of nitrogens with one attached hydrogen (secondary N) is 2. The summed E-state index contributed by atoms with van der Waals surface area (Å²) in [6.07, 6.45) is 0. The highest BCUT2D eigenvalue weighted by Crippen LogP contribution is 2.34. The number of aliphatic hydroxyl groups is 1. The molecular formula is C23H16Cl2N2O4S. The Kier molecular flexibility index (Phi) is 6.62. The van der Waals surface area contributed by atoms with Crippen molar-refractivity contribution in [3.8, 4) is 22.6 Å². The first kappa shape index (κ1) is 22.1. The van der Waals surface area contributed by atoms with E-state index in [1.165, 1.54) is 6.07 Å². The highest BCUT2D eigenvalue weighted by atomic mass is 35.5. The molecule has 2 aromatic carbocycles. The van der Waals surface area contributed by atoms with Gasteiger partial charge in [-0.2, -0.15) is 0 Å². The molecule has 3 N–H and O–H groups in total. The zero-order valence-corrected chi connectivity index (χ0v) is 18.7. The Morgan fingerprint density at radius 1 is 0.969 bits per heavy atom. The number of aliphatic hydroxyl groups excluding tert-OH is 1. The minimum Gasteiger partial charge on any atom is -0.459 e. The molecule has 6 nitrogen and oxygen atoms in total. The van der Waals surface area contributed by atoms with E-state index in [1.807, 2.05) is 18.2 Å². The van der Waals surface area contributed by atoms with Crippen LogP contribution in [-0.4, -0.2) is 16.1 Å². The van der Waals surface area contributed by atoms with Crippen LogP contribution in [0, 0.1) is 0 Å². The van der Waals surface area contributed by atoms with Crippen molar-refractivity contribution in [2.24, 2.45) is 0 Å². The highest BCUT2D eigenvalue weighted by Gasteiger charge is 2.16. The first-order valence-electron chi connectivity index (χ1n) is 9.41. The number of hydrogen-bond donors (Lipinski definition) is 3. The number of furan rings is 2. The maximum Gasteiger partial charge on any atom is 0.293 e. The summed E-state index contributed by atoms with van der Waals surface area (Å²) in [4.78, 5) is 12.5. The molecule has 0 spiro atoms. The molecule has 0 unspecified atom stereocenters. The van der Waals surface area contributed by atoms with Crippen LogP contribution >= 0.6 is 35.4 Å². The van der Waals surface area contributed by atoms with Crippen molar-refractivity contribution in [2.45, 2.75) is 6.61 Å². The third-order valence-electron chi connectivity index (χ3n) is 4.50. The minimum absolute atomic E-state index is 0.0704. The lowest BCUT2D eigenvalue weighted by molar-refractivity contribution is 0.0951. The number of amides is 1. The van der Waals surface area contributed by atoms with Crippen molar-refractivity contribution in [1.82, 2.24) is 5.32 Å². The molecule has 2 aromatic heterocycles. The fourth-order valence-corrected chi connectivity index (χ4v) is 3.60. The van der Waals surface area contributed by atoms with Crippen molar-refractivity contribution in [1.29, 1.82) is 0 Å². The fourth-order valence-electron chi connectivity index (χ4n) is 2.99. The summed E-state index contributed by atoms with van der Waals surface area (Å²) in [6, 6.07) is 19.1. The summed E-state index contributed by atoms with van der Waals surface area (Å²) in [6.45, 7) is -0.175. The lowest BCUT2D eigenvalue weighted by Crippen LogP contribution is -2.33. The summed E-state index contributed by atoms with van der Waals surface area (Å²) in [5.41, 5.74) is 2.02. The Morgan fingerprint density at radius 2 is 1.75 bits per heavy atom. The highest BCUT2D eigenvalue weighted by molar-refractivity contribution is 7.80. The van der Waals surface area contributed by atoms with E-state index in [1.54, 1.807) is 42.5 Å². The molecule has 2 heterocycles. The van der Waals surface area contributed by atoms with Gasteiger partial charge in [-0.25, -0.2) is 0 Å². The molecule has 0 aliphatic carbocycles. The van der Waals surface area contributed by atoms with Gasteiger partial charge in [0.1, 0.15) is 23.9 Å². The predicted molar refractivity (Wildman–Crippen MR) is 128 cm³/mol. The number of halogens is 2. The van der Waals surface area contributed by atoms with Gasteiger partial charge in [0.05, 0.1) is 10.0 Å². The molecule has 0 aliphatic heterocycles. The second-order valence-electron chi connectivity index (χ2n) is 6.68. The summed E-state index contributed by atoms with van der Waals surface area (Å²) < 4.78 is 11.2. The van der Waals surface area contributed by atoms with Crippen LogP contribution in [0.2, 0.25) is 10.0 Å². The molecular weight excluding hydrogens is 471 g/mol. The van der Waals surface area contributed by atoms with Crippen molar-refractivity contribution >= 4 is 52.1 Å². The maximum absolute atomic E-state index is 12.5. The van der Waals surface area contributed by atoms with Gasteiger partial charge in [-0.05, 0) is 60.7 Å². The molecule has 0 saturated carbocycles. The van der Waals surface area contributed by atoms with Crippen LogP contribution in [0.25, 0.3) is 22.6 Å². The van der Waals surface area contributed by atoms with Gasteiger partial charge in [0.25, 0.3) is 5.91 Å². The summed E-state index contributed by atoms with van der Waals surface area (Å²) in [5, 5.41) is 15.5. The topological polar surface area (TPSA) is 87.6 Å². The van der Waals surface area contributed by atoms with E-state index in [-0.39, 0.29) is 17.5 Å². The normalized spacial score (nSPS) is 10.7. The van der Waals surface area contributed by atoms with E-state index in [4.69, 9.17) is 49.4 Å². The molecule has 0 bridgehead atoms. The van der Waals surface area contributed by atoms with Crippen molar-refractivity contribution in [3.63, 3.8) is 0 Å². The SMILES string of the molecule is O=C(NC(=S)Nc1cccc(-c2ccc(CO)o2)c1)c1ccc(-c2cccc(Cl)c2Cl)o1. The third kappa shape index (κ3) is 4.87. The van der Waals surface area contributed by atoms with E-state index < -0.39 is 5.91 Å². The van der Waals surface area contributed by atoms with Gasteiger partial charge in [0.15, 0.2) is 10.9 Å². The number of thiocarbonyl (C=S) groups is 1. The van der Waals surface area contributed by atoms with E-state index in [0.717, 1.165) is 5.56 Å². The summed E-state index contributed by atoms with van der Waals surface area (Å²) >= 11 is 17.5. The van der Waals surface area contributed by atoms with E-state index in [0.29, 0.717) is 38.6 Å². The van der Waals surface area contributed by atoms with Crippen molar-refractivity contribution < 1.29 is 18.7 Å². The Hall–Kier alpha value is -3.10. The summed E-state index contributed by atoms with van der Waals surface area (Å²) in [5.74, 6) is 1.05. The minimum atomic E-state index is -0.512. The smallest absolute Gasteiger partial charge is 0.293 e. The van der Waals surface area contributed by atoms with Crippen LogP contribution in [0.1, 0.15) is 16.3 Å². The lowest BCUT2D eigenvalue weighted by atomic mass is 10.1. The molecule has 0 radical (unpaired) electrons. The molecule has 162 valence electrons. The lowest BCUT2D eigenvalue weighted by Gasteiger charge is -2.09. The monoisotopic (exact) mass is 486 g/mol. The number of anilines is 1. The predicted octanol–water partition coefficient (Wildman–Crippen LogP) is 6.13. The number of benzene rings is 2. The Morgan fingerprint density at radius 3 is 2.53 bits per heavy atom. The molecule has 0 aliphatic rings. The van der Waals surface area contributed by atoms with E-state index in [2.05, 4.69) is 10.6 Å². The van der Waals surface area contributed by atoms with Crippen LogP contribution in [0.3, 0.4) is 0 Å². The maximum atomic E-state index is 12.5. The van der Waals surface area contributed by atoms with Crippen LogP contribution in [-0.2, 0) is 6.61 Å². The number of carbonyl (C=O) groups excluding carboxylic acids is 1. The van der Waals surface area contributed by atoms with Crippen LogP contribution in [0.15, 0.2) is 75.6 Å². The second-order valence-corrected chi connectivity index (χ2v) is 7.87.